The largest absolute Gasteiger partial charge is 0.333 e. The van der Waals surface area contributed by atoms with E-state index in [1.165, 1.54) is 6.42 Å². The molecule has 2 aromatic heterocycles. The highest BCUT2D eigenvalue weighted by molar-refractivity contribution is 5.94. The zero-order valence-corrected chi connectivity index (χ0v) is 13.9. The molecule has 0 spiro atoms. The summed E-state index contributed by atoms with van der Waals surface area (Å²) in [6.07, 6.45) is 7.57. The van der Waals surface area contributed by atoms with E-state index in [0.717, 1.165) is 42.6 Å². The highest BCUT2D eigenvalue weighted by Gasteiger charge is 2.27. The fraction of sp³-hybridized carbons (Fsp3) is 0.500. The van der Waals surface area contributed by atoms with Gasteiger partial charge in [0.25, 0.3) is 5.91 Å². The van der Waals surface area contributed by atoms with Crippen molar-refractivity contribution < 1.29 is 4.79 Å². The third-order valence-electron chi connectivity index (χ3n) is 4.50. The molecule has 3 rings (SSSR count). The number of H-pyrrole nitrogens is 1. The maximum Gasteiger partial charge on any atom is 0.274 e. The van der Waals surface area contributed by atoms with Crippen molar-refractivity contribution in [2.75, 3.05) is 6.54 Å². The third-order valence-corrected chi connectivity index (χ3v) is 4.50. The molecule has 0 aliphatic heterocycles. The van der Waals surface area contributed by atoms with Crippen LogP contribution in [0.3, 0.4) is 0 Å². The van der Waals surface area contributed by atoms with Crippen molar-refractivity contribution in [3.8, 4) is 0 Å². The van der Waals surface area contributed by atoms with Crippen LogP contribution in [0.4, 0.5) is 0 Å². The van der Waals surface area contributed by atoms with Gasteiger partial charge in [0.05, 0.1) is 0 Å². The number of hydrogen-bond donors (Lipinski definition) is 1. The summed E-state index contributed by atoms with van der Waals surface area (Å²) in [5.74, 6) is 0.654. The van der Waals surface area contributed by atoms with Crippen molar-refractivity contribution in [1.29, 1.82) is 0 Å². The number of fused-ring (bicyclic) bond motifs is 1. The molecule has 122 valence electrons. The first-order chi connectivity index (χ1) is 11.2. The summed E-state index contributed by atoms with van der Waals surface area (Å²) in [5, 5.41) is 7.43. The van der Waals surface area contributed by atoms with Crippen LogP contribution >= 0.6 is 0 Å². The summed E-state index contributed by atoms with van der Waals surface area (Å²) >= 11 is 0. The third kappa shape index (κ3) is 3.44. The molecule has 0 fully saturated rings. The van der Waals surface area contributed by atoms with Gasteiger partial charge < -0.3 is 4.90 Å². The number of carbonyl (C=O) groups is 1. The molecule has 5 nitrogen and oxygen atoms in total. The van der Waals surface area contributed by atoms with Gasteiger partial charge in [-0.3, -0.25) is 14.9 Å². The number of nitrogens with zero attached hydrogens (tertiary/aromatic N) is 3. The van der Waals surface area contributed by atoms with Gasteiger partial charge in [-0.1, -0.05) is 13.8 Å². The first kappa shape index (κ1) is 15.7. The predicted octanol–water partition coefficient (Wildman–Crippen LogP) is 2.98. The van der Waals surface area contributed by atoms with Crippen LogP contribution in [0.1, 0.15) is 54.0 Å². The quantitative estimate of drug-likeness (QED) is 0.923. The second-order valence-corrected chi connectivity index (χ2v) is 6.46. The van der Waals surface area contributed by atoms with Crippen molar-refractivity contribution in [3.63, 3.8) is 0 Å². The van der Waals surface area contributed by atoms with Crippen LogP contribution in [-0.2, 0) is 19.4 Å². The average molecular weight is 312 g/mol. The molecule has 0 saturated carbocycles. The molecule has 1 amide bonds. The summed E-state index contributed by atoms with van der Waals surface area (Å²) < 4.78 is 0. The standard InChI is InChI=1S/C18H24N4O/c1-3-10-22(12-14-6-8-19-9-7-14)18(23)17-15-11-13(2)4-5-16(15)20-21-17/h6-9,13H,3-5,10-12H2,1-2H3,(H,20,21). The number of nitrogens with one attached hydrogen (secondary N) is 1. The van der Waals surface area contributed by atoms with Crippen molar-refractivity contribution in [2.45, 2.75) is 46.1 Å². The van der Waals surface area contributed by atoms with E-state index in [1.807, 2.05) is 17.0 Å². The van der Waals surface area contributed by atoms with Gasteiger partial charge in [-0.15, -0.1) is 0 Å². The number of aromatic nitrogens is 3. The van der Waals surface area contributed by atoms with Crippen molar-refractivity contribution in [3.05, 3.63) is 47.0 Å². The number of amides is 1. The van der Waals surface area contributed by atoms with E-state index in [2.05, 4.69) is 29.0 Å². The molecular formula is C18H24N4O. The van der Waals surface area contributed by atoms with Crippen LogP contribution in [0.25, 0.3) is 0 Å². The number of carbonyl (C=O) groups excluding carboxylic acids is 1. The first-order valence-corrected chi connectivity index (χ1v) is 8.43. The van der Waals surface area contributed by atoms with Crippen LogP contribution in [0.5, 0.6) is 0 Å². The minimum atomic E-state index is 0.0373. The average Bonchev–Trinajstić information content (AvgIpc) is 2.97. The Bertz CT molecular complexity index is 665. The van der Waals surface area contributed by atoms with E-state index < -0.39 is 0 Å². The van der Waals surface area contributed by atoms with Crippen LogP contribution < -0.4 is 0 Å². The minimum absolute atomic E-state index is 0.0373. The normalized spacial score (nSPS) is 16.9. The van der Waals surface area contributed by atoms with Gasteiger partial charge in [0.15, 0.2) is 5.69 Å². The van der Waals surface area contributed by atoms with E-state index in [4.69, 9.17) is 0 Å². The molecule has 1 unspecified atom stereocenters. The predicted molar refractivity (Wildman–Crippen MR) is 89.0 cm³/mol. The van der Waals surface area contributed by atoms with E-state index >= 15 is 0 Å². The maximum absolute atomic E-state index is 13.0. The molecule has 5 heteroatoms. The van der Waals surface area contributed by atoms with Crippen LogP contribution in [-0.4, -0.2) is 32.5 Å². The van der Waals surface area contributed by atoms with E-state index in [-0.39, 0.29) is 5.91 Å². The molecule has 2 aromatic rings. The lowest BCUT2D eigenvalue weighted by Crippen LogP contribution is -2.32. The number of rotatable bonds is 5. The zero-order valence-electron chi connectivity index (χ0n) is 13.9. The smallest absolute Gasteiger partial charge is 0.274 e. The molecule has 23 heavy (non-hydrogen) atoms. The fourth-order valence-corrected chi connectivity index (χ4v) is 3.23. The van der Waals surface area contributed by atoms with Crippen LogP contribution in [0, 0.1) is 5.92 Å². The second kappa shape index (κ2) is 6.94. The lowest BCUT2D eigenvalue weighted by molar-refractivity contribution is 0.0735. The summed E-state index contributed by atoms with van der Waals surface area (Å²) in [5.41, 5.74) is 3.99. The summed E-state index contributed by atoms with van der Waals surface area (Å²) in [7, 11) is 0. The number of aromatic amines is 1. The summed E-state index contributed by atoms with van der Waals surface area (Å²) in [6.45, 7) is 5.67. The SMILES string of the molecule is CCCN(Cc1ccncc1)C(=O)c1n[nH]c2c1CC(C)CC2. The Morgan fingerprint density at radius 3 is 2.91 bits per heavy atom. The fourth-order valence-electron chi connectivity index (χ4n) is 3.23. The minimum Gasteiger partial charge on any atom is -0.333 e. The second-order valence-electron chi connectivity index (χ2n) is 6.46. The van der Waals surface area contributed by atoms with Gasteiger partial charge >= 0.3 is 0 Å². The van der Waals surface area contributed by atoms with Crippen molar-refractivity contribution in [2.24, 2.45) is 5.92 Å². The van der Waals surface area contributed by atoms with E-state index in [9.17, 15) is 4.79 Å². The Morgan fingerprint density at radius 1 is 1.39 bits per heavy atom. The van der Waals surface area contributed by atoms with Gasteiger partial charge in [-0.2, -0.15) is 5.10 Å². The van der Waals surface area contributed by atoms with Crippen LogP contribution in [0.15, 0.2) is 24.5 Å². The monoisotopic (exact) mass is 312 g/mol. The first-order valence-electron chi connectivity index (χ1n) is 8.43. The lowest BCUT2D eigenvalue weighted by atomic mass is 9.87. The topological polar surface area (TPSA) is 61.9 Å². The van der Waals surface area contributed by atoms with Gasteiger partial charge in [-0.05, 0) is 49.3 Å². The molecule has 1 N–H and O–H groups in total. The van der Waals surface area contributed by atoms with Crippen molar-refractivity contribution in [1.82, 2.24) is 20.1 Å². The Morgan fingerprint density at radius 2 is 2.17 bits per heavy atom. The molecule has 1 aliphatic carbocycles. The molecule has 0 radical (unpaired) electrons. The number of hydrogen-bond acceptors (Lipinski definition) is 3. The Balaban J connectivity index is 1.83. The Kier molecular flexibility index (Phi) is 4.74. The zero-order chi connectivity index (χ0) is 16.2. The Hall–Kier alpha value is -2.17. The number of pyridine rings is 1. The van der Waals surface area contributed by atoms with Crippen LogP contribution in [0.2, 0.25) is 0 Å². The molecule has 0 aromatic carbocycles. The van der Waals surface area contributed by atoms with E-state index in [0.29, 0.717) is 18.2 Å². The van der Waals surface area contributed by atoms with Gasteiger partial charge in [0, 0.05) is 36.7 Å². The van der Waals surface area contributed by atoms with Gasteiger partial charge in [0.2, 0.25) is 0 Å². The molecule has 1 aliphatic rings. The molecule has 1 atom stereocenters. The maximum atomic E-state index is 13.0. The molecule has 2 heterocycles. The number of aryl methyl sites for hydroxylation is 1. The summed E-state index contributed by atoms with van der Waals surface area (Å²) in [4.78, 5) is 18.9. The molecule has 0 saturated heterocycles. The Labute approximate surface area is 137 Å². The molecule has 0 bridgehead atoms. The van der Waals surface area contributed by atoms with E-state index in [1.54, 1.807) is 12.4 Å². The highest BCUT2D eigenvalue weighted by Crippen LogP contribution is 2.27. The summed E-state index contributed by atoms with van der Waals surface area (Å²) in [6, 6.07) is 3.91. The van der Waals surface area contributed by atoms with Crippen molar-refractivity contribution >= 4 is 5.91 Å². The highest BCUT2D eigenvalue weighted by atomic mass is 16.2. The molecular weight excluding hydrogens is 288 g/mol. The lowest BCUT2D eigenvalue weighted by Gasteiger charge is -2.23. The van der Waals surface area contributed by atoms with Gasteiger partial charge in [-0.25, -0.2) is 0 Å². The van der Waals surface area contributed by atoms with Gasteiger partial charge in [0.1, 0.15) is 0 Å².